The van der Waals surface area contributed by atoms with E-state index in [-0.39, 0.29) is 18.3 Å². The topological polar surface area (TPSA) is 119 Å². The number of nitrogens with one attached hydrogen (secondary N) is 2. The Hall–Kier alpha value is -4.10. The number of rotatable bonds is 5. The number of ether oxygens (including phenoxy) is 1. The number of anilines is 2. The third kappa shape index (κ3) is 5.53. The lowest BCUT2D eigenvalue weighted by molar-refractivity contribution is -0.159. The van der Waals surface area contributed by atoms with Crippen LogP contribution in [0.15, 0.2) is 35.0 Å². The largest absolute Gasteiger partial charge is 0.471 e. The van der Waals surface area contributed by atoms with Crippen molar-refractivity contribution in [2.45, 2.75) is 19.7 Å². The fraction of sp³-hybridized carbons (Fsp3) is 0.167. The van der Waals surface area contributed by atoms with Gasteiger partial charge in [0.2, 0.25) is 11.7 Å². The second-order valence-electron chi connectivity index (χ2n) is 6.17. The highest BCUT2D eigenvalue weighted by Crippen LogP contribution is 2.31. The fourth-order valence-corrected chi connectivity index (χ4v) is 2.33. The van der Waals surface area contributed by atoms with Crippen molar-refractivity contribution in [3.63, 3.8) is 0 Å². The van der Waals surface area contributed by atoms with Gasteiger partial charge >= 0.3 is 18.2 Å². The first-order valence-electron chi connectivity index (χ1n) is 8.59. The van der Waals surface area contributed by atoms with Crippen LogP contribution in [0.1, 0.15) is 18.4 Å². The molecule has 0 bridgehead atoms. The van der Waals surface area contributed by atoms with Gasteiger partial charge in [-0.15, -0.1) is 0 Å². The van der Waals surface area contributed by atoms with Crippen LogP contribution in [0.25, 0.3) is 11.4 Å². The monoisotopic (exact) mass is 457 g/mol. The number of hydrogen-bond acceptors (Lipinski definition) is 7. The van der Waals surface area contributed by atoms with Crippen LogP contribution in [0.2, 0.25) is 0 Å². The van der Waals surface area contributed by atoms with Crippen LogP contribution in [-0.4, -0.2) is 27.1 Å². The molecule has 0 aliphatic heterocycles. The van der Waals surface area contributed by atoms with Gasteiger partial charge in [0.15, 0.2) is 11.6 Å². The van der Waals surface area contributed by atoms with E-state index in [0.717, 1.165) is 0 Å². The summed E-state index contributed by atoms with van der Waals surface area (Å²) in [5.74, 6) is -5.04. The standard InChI is InChI=1S/C18H12F5N5O4/c1-8(29)25-13-3-2-9(6-24-13)7-31-17(30)26-14-11(19)4-10(5-12(14)20)15-27-16(32-28-15)18(21,22)23/h2-6H,7H2,1H3,(H,26,30)(H,24,25,29). The van der Waals surface area contributed by atoms with Crippen molar-refractivity contribution < 1.29 is 40.8 Å². The summed E-state index contributed by atoms with van der Waals surface area (Å²) in [6.45, 7) is 0.999. The molecule has 0 saturated carbocycles. The lowest BCUT2D eigenvalue weighted by atomic mass is 10.1. The average Bonchev–Trinajstić information content (AvgIpc) is 3.20. The molecular weight excluding hydrogens is 445 g/mol. The molecule has 168 valence electrons. The van der Waals surface area contributed by atoms with E-state index in [1.165, 1.54) is 25.3 Å². The Labute approximate surface area is 175 Å². The molecule has 2 heterocycles. The van der Waals surface area contributed by atoms with Gasteiger partial charge in [0.05, 0.1) is 0 Å². The van der Waals surface area contributed by atoms with Gasteiger partial charge in [-0.25, -0.2) is 18.6 Å². The van der Waals surface area contributed by atoms with E-state index in [1.54, 1.807) is 0 Å². The van der Waals surface area contributed by atoms with Crippen molar-refractivity contribution >= 4 is 23.5 Å². The van der Waals surface area contributed by atoms with Gasteiger partial charge < -0.3 is 14.6 Å². The van der Waals surface area contributed by atoms with Gasteiger partial charge in [0.1, 0.15) is 18.1 Å². The first kappa shape index (κ1) is 22.6. The van der Waals surface area contributed by atoms with E-state index < -0.39 is 46.9 Å². The number of benzene rings is 1. The van der Waals surface area contributed by atoms with Gasteiger partial charge in [0, 0.05) is 24.2 Å². The van der Waals surface area contributed by atoms with Gasteiger partial charge in [0.25, 0.3) is 0 Å². The highest BCUT2D eigenvalue weighted by Gasteiger charge is 2.38. The number of halogens is 5. The molecule has 2 aromatic heterocycles. The van der Waals surface area contributed by atoms with Crippen molar-refractivity contribution in [2.24, 2.45) is 0 Å². The number of hydrogen-bond donors (Lipinski definition) is 2. The minimum absolute atomic E-state index is 0.277. The molecular formula is C18H12F5N5O4. The van der Waals surface area contributed by atoms with Crippen LogP contribution in [0.4, 0.5) is 38.3 Å². The molecule has 0 fully saturated rings. The van der Waals surface area contributed by atoms with Crippen LogP contribution >= 0.6 is 0 Å². The molecule has 0 unspecified atom stereocenters. The molecule has 3 aromatic rings. The van der Waals surface area contributed by atoms with Crippen molar-refractivity contribution in [1.82, 2.24) is 15.1 Å². The van der Waals surface area contributed by atoms with Crippen molar-refractivity contribution in [2.75, 3.05) is 10.6 Å². The van der Waals surface area contributed by atoms with E-state index in [2.05, 4.69) is 25.0 Å². The maximum absolute atomic E-state index is 14.2. The summed E-state index contributed by atoms with van der Waals surface area (Å²) in [5.41, 5.74) is -0.913. The molecule has 0 atom stereocenters. The smallest absolute Gasteiger partial charge is 0.444 e. The van der Waals surface area contributed by atoms with Gasteiger partial charge in [-0.05, 0) is 18.2 Å². The lowest BCUT2D eigenvalue weighted by Crippen LogP contribution is -2.16. The predicted octanol–water partition coefficient (Wildman–Crippen LogP) is 4.14. The number of amides is 2. The number of pyridine rings is 1. The third-order valence-corrected chi connectivity index (χ3v) is 3.69. The highest BCUT2D eigenvalue weighted by molar-refractivity contribution is 5.87. The molecule has 2 amide bonds. The number of carbonyl (C=O) groups excluding carboxylic acids is 2. The third-order valence-electron chi connectivity index (χ3n) is 3.69. The van der Waals surface area contributed by atoms with Crippen LogP contribution in [-0.2, 0) is 22.3 Å². The first-order chi connectivity index (χ1) is 15.0. The summed E-state index contributed by atoms with van der Waals surface area (Å²) in [7, 11) is 0. The highest BCUT2D eigenvalue weighted by atomic mass is 19.4. The van der Waals surface area contributed by atoms with E-state index in [4.69, 9.17) is 4.74 Å². The van der Waals surface area contributed by atoms with Crippen LogP contribution in [0.3, 0.4) is 0 Å². The zero-order valence-corrected chi connectivity index (χ0v) is 16.0. The Bertz CT molecular complexity index is 1120. The zero-order valence-electron chi connectivity index (χ0n) is 16.0. The maximum Gasteiger partial charge on any atom is 0.471 e. The van der Waals surface area contributed by atoms with E-state index in [1.807, 2.05) is 5.32 Å². The summed E-state index contributed by atoms with van der Waals surface area (Å²) in [5, 5.41) is 7.33. The van der Waals surface area contributed by atoms with Crippen molar-refractivity contribution in [3.8, 4) is 11.4 Å². The normalized spacial score (nSPS) is 11.2. The maximum atomic E-state index is 14.2. The number of carbonyl (C=O) groups is 2. The van der Waals surface area contributed by atoms with E-state index in [9.17, 15) is 31.5 Å². The molecule has 0 spiro atoms. The second kappa shape index (κ2) is 8.95. The van der Waals surface area contributed by atoms with Gasteiger partial charge in [-0.2, -0.15) is 18.2 Å². The summed E-state index contributed by atoms with van der Waals surface area (Å²) < 4.78 is 74.9. The molecule has 3 rings (SSSR count). The van der Waals surface area contributed by atoms with E-state index in [0.29, 0.717) is 17.7 Å². The predicted molar refractivity (Wildman–Crippen MR) is 97.0 cm³/mol. The van der Waals surface area contributed by atoms with Crippen molar-refractivity contribution in [3.05, 3.63) is 53.6 Å². The minimum atomic E-state index is -4.92. The Morgan fingerprint density at radius 3 is 2.34 bits per heavy atom. The number of alkyl halides is 3. The zero-order chi connectivity index (χ0) is 23.5. The lowest BCUT2D eigenvalue weighted by Gasteiger charge is -2.10. The van der Waals surface area contributed by atoms with Crippen LogP contribution in [0, 0.1) is 11.6 Å². The van der Waals surface area contributed by atoms with Gasteiger partial charge in [-0.1, -0.05) is 11.2 Å². The summed E-state index contributed by atoms with van der Waals surface area (Å²) in [6, 6.07) is 4.20. The SMILES string of the molecule is CC(=O)Nc1ccc(COC(=O)Nc2c(F)cc(-c3noc(C(F)(F)F)n3)cc2F)cn1. The molecule has 14 heteroatoms. The van der Waals surface area contributed by atoms with Crippen LogP contribution in [0.5, 0.6) is 0 Å². The first-order valence-corrected chi connectivity index (χ1v) is 8.59. The summed E-state index contributed by atoms with van der Waals surface area (Å²) in [6.07, 6.45) is -4.82. The molecule has 0 radical (unpaired) electrons. The van der Waals surface area contributed by atoms with Gasteiger partial charge in [-0.3, -0.25) is 10.1 Å². The Kier molecular flexibility index (Phi) is 6.32. The van der Waals surface area contributed by atoms with Crippen LogP contribution < -0.4 is 10.6 Å². The molecule has 0 aliphatic carbocycles. The quantitative estimate of drug-likeness (QED) is 0.553. The Morgan fingerprint density at radius 2 is 1.81 bits per heavy atom. The molecule has 32 heavy (non-hydrogen) atoms. The van der Waals surface area contributed by atoms with E-state index >= 15 is 0 Å². The molecule has 0 aliphatic rings. The minimum Gasteiger partial charge on any atom is -0.444 e. The summed E-state index contributed by atoms with van der Waals surface area (Å²) >= 11 is 0. The Morgan fingerprint density at radius 1 is 1.12 bits per heavy atom. The second-order valence-corrected chi connectivity index (χ2v) is 6.17. The molecule has 2 N–H and O–H groups in total. The average molecular weight is 457 g/mol. The summed E-state index contributed by atoms with van der Waals surface area (Å²) in [4.78, 5) is 29.7. The molecule has 0 saturated heterocycles. The molecule has 1 aromatic carbocycles. The van der Waals surface area contributed by atoms with Crippen molar-refractivity contribution in [1.29, 1.82) is 0 Å². The number of aromatic nitrogens is 3. The fourth-order valence-electron chi connectivity index (χ4n) is 2.33. The number of nitrogens with zero attached hydrogens (tertiary/aromatic N) is 3. The molecule has 9 nitrogen and oxygen atoms in total. The Balaban J connectivity index is 1.65.